The summed E-state index contributed by atoms with van der Waals surface area (Å²) in [5, 5.41) is 13.8. The third-order valence-corrected chi connectivity index (χ3v) is 6.26. The molecule has 4 rings (SSSR count). The van der Waals surface area contributed by atoms with Crippen LogP contribution in [0.4, 0.5) is 5.69 Å². The molecule has 0 aliphatic carbocycles. The number of carbonyl (C=O) groups is 1. The SMILES string of the molecule is Cc1cccc(NC(=O)CCSc2nnc3cc(C)c4cccc(C)c4n23)c1C. The van der Waals surface area contributed by atoms with Gasteiger partial charge in [-0.2, -0.15) is 0 Å². The molecule has 0 saturated heterocycles. The summed E-state index contributed by atoms with van der Waals surface area (Å²) < 4.78 is 2.10. The lowest BCUT2D eigenvalue weighted by Gasteiger charge is -2.11. The smallest absolute Gasteiger partial charge is 0.225 e. The quantitative estimate of drug-likeness (QED) is 0.462. The molecule has 0 radical (unpaired) electrons. The fourth-order valence-corrected chi connectivity index (χ4v) is 4.44. The molecule has 5 nitrogen and oxygen atoms in total. The molecule has 0 saturated carbocycles. The molecule has 29 heavy (non-hydrogen) atoms. The van der Waals surface area contributed by atoms with Gasteiger partial charge in [-0.25, -0.2) is 0 Å². The van der Waals surface area contributed by atoms with Gasteiger partial charge in [0.05, 0.1) is 5.52 Å². The highest BCUT2D eigenvalue weighted by Crippen LogP contribution is 2.28. The van der Waals surface area contributed by atoms with Crippen molar-refractivity contribution in [2.45, 2.75) is 39.3 Å². The van der Waals surface area contributed by atoms with Gasteiger partial charge in [-0.15, -0.1) is 10.2 Å². The lowest BCUT2D eigenvalue weighted by Crippen LogP contribution is -2.13. The number of amides is 1. The van der Waals surface area contributed by atoms with Crippen LogP contribution in [0.2, 0.25) is 0 Å². The number of thioether (sulfide) groups is 1. The Hall–Kier alpha value is -2.86. The van der Waals surface area contributed by atoms with E-state index in [4.69, 9.17) is 0 Å². The Morgan fingerprint density at radius 1 is 1.00 bits per heavy atom. The minimum atomic E-state index is 0.0110. The molecule has 0 aliphatic rings. The average Bonchev–Trinajstić information content (AvgIpc) is 3.08. The zero-order valence-corrected chi connectivity index (χ0v) is 17.9. The topological polar surface area (TPSA) is 59.3 Å². The number of aromatic nitrogens is 3. The number of aryl methyl sites for hydroxylation is 3. The third-order valence-electron chi connectivity index (χ3n) is 5.33. The molecule has 6 heteroatoms. The molecular formula is C23H24N4OS. The molecule has 0 fully saturated rings. The van der Waals surface area contributed by atoms with Gasteiger partial charge in [0.15, 0.2) is 10.8 Å². The monoisotopic (exact) mass is 404 g/mol. The number of pyridine rings is 1. The standard InChI is InChI=1S/C23H24N4OS/c1-14-7-6-10-19(17(14)4)24-21(28)11-12-29-23-26-25-20-13-16(3)18-9-5-8-15(2)22(18)27(20)23/h5-10,13H,11-12H2,1-4H3,(H,24,28). The number of anilines is 1. The Morgan fingerprint density at radius 2 is 1.76 bits per heavy atom. The minimum absolute atomic E-state index is 0.0110. The van der Waals surface area contributed by atoms with Gasteiger partial charge in [-0.1, -0.05) is 42.1 Å². The van der Waals surface area contributed by atoms with Crippen LogP contribution in [-0.4, -0.2) is 26.3 Å². The molecule has 0 bridgehead atoms. The Bertz CT molecular complexity index is 1230. The predicted octanol–water partition coefficient (Wildman–Crippen LogP) is 5.24. The van der Waals surface area contributed by atoms with Crippen molar-refractivity contribution >= 4 is 39.9 Å². The minimum Gasteiger partial charge on any atom is -0.326 e. The Labute approximate surface area is 174 Å². The normalized spacial score (nSPS) is 11.3. The van der Waals surface area contributed by atoms with E-state index >= 15 is 0 Å². The van der Waals surface area contributed by atoms with Crippen LogP contribution in [0.5, 0.6) is 0 Å². The lowest BCUT2D eigenvalue weighted by molar-refractivity contribution is -0.115. The molecule has 0 atom stereocenters. The molecule has 0 spiro atoms. The molecule has 148 valence electrons. The van der Waals surface area contributed by atoms with Crippen LogP contribution in [0, 0.1) is 27.7 Å². The van der Waals surface area contributed by atoms with Crippen molar-refractivity contribution in [1.82, 2.24) is 14.6 Å². The first-order valence-corrected chi connectivity index (χ1v) is 10.7. The summed E-state index contributed by atoms with van der Waals surface area (Å²) in [7, 11) is 0. The largest absolute Gasteiger partial charge is 0.326 e. The lowest BCUT2D eigenvalue weighted by atomic mass is 10.1. The summed E-state index contributed by atoms with van der Waals surface area (Å²) in [5.41, 5.74) is 7.50. The van der Waals surface area contributed by atoms with Gasteiger partial charge in [-0.05, 0) is 62.1 Å². The van der Waals surface area contributed by atoms with Crippen molar-refractivity contribution in [3.8, 4) is 0 Å². The van der Waals surface area contributed by atoms with Crippen LogP contribution < -0.4 is 5.32 Å². The molecule has 2 aromatic heterocycles. The Kier molecular flexibility index (Phi) is 5.28. The first kappa shape index (κ1) is 19.5. The Balaban J connectivity index is 1.52. The number of hydrogen-bond acceptors (Lipinski definition) is 4. The van der Waals surface area contributed by atoms with Crippen LogP contribution in [0.3, 0.4) is 0 Å². The number of nitrogens with one attached hydrogen (secondary N) is 1. The van der Waals surface area contributed by atoms with E-state index in [0.29, 0.717) is 12.2 Å². The fourth-order valence-electron chi connectivity index (χ4n) is 3.56. The summed E-state index contributed by atoms with van der Waals surface area (Å²) in [4.78, 5) is 12.4. The maximum absolute atomic E-state index is 12.4. The third kappa shape index (κ3) is 3.72. The number of hydrogen-bond donors (Lipinski definition) is 1. The van der Waals surface area contributed by atoms with E-state index in [-0.39, 0.29) is 5.91 Å². The zero-order chi connectivity index (χ0) is 20.5. The van der Waals surface area contributed by atoms with Crippen molar-refractivity contribution < 1.29 is 4.79 Å². The number of carbonyl (C=O) groups excluding carboxylic acids is 1. The average molecular weight is 405 g/mol. The highest BCUT2D eigenvalue weighted by molar-refractivity contribution is 7.99. The molecule has 1 amide bonds. The number of nitrogens with zero attached hydrogens (tertiary/aromatic N) is 3. The van der Waals surface area contributed by atoms with Gasteiger partial charge in [0, 0.05) is 23.2 Å². The molecule has 4 aromatic rings. The highest BCUT2D eigenvalue weighted by Gasteiger charge is 2.14. The van der Waals surface area contributed by atoms with Crippen molar-refractivity contribution in [3.05, 3.63) is 64.7 Å². The van der Waals surface area contributed by atoms with Crippen molar-refractivity contribution in [1.29, 1.82) is 0 Å². The zero-order valence-electron chi connectivity index (χ0n) is 17.1. The molecule has 2 heterocycles. The predicted molar refractivity (Wildman–Crippen MR) is 120 cm³/mol. The van der Waals surface area contributed by atoms with E-state index in [1.54, 1.807) is 11.8 Å². The summed E-state index contributed by atoms with van der Waals surface area (Å²) in [6.07, 6.45) is 0.412. The van der Waals surface area contributed by atoms with E-state index in [9.17, 15) is 4.79 Å². The van der Waals surface area contributed by atoms with Gasteiger partial charge >= 0.3 is 0 Å². The van der Waals surface area contributed by atoms with Crippen LogP contribution in [0.1, 0.15) is 28.7 Å². The van der Waals surface area contributed by atoms with E-state index in [1.165, 1.54) is 22.1 Å². The number of benzene rings is 2. The summed E-state index contributed by atoms with van der Waals surface area (Å²) in [6.45, 7) is 8.27. The molecule has 0 unspecified atom stereocenters. The molecular weight excluding hydrogens is 380 g/mol. The van der Waals surface area contributed by atoms with E-state index in [1.807, 2.05) is 32.0 Å². The van der Waals surface area contributed by atoms with Crippen molar-refractivity contribution in [2.24, 2.45) is 0 Å². The number of rotatable bonds is 5. The van der Waals surface area contributed by atoms with E-state index in [2.05, 4.69) is 58.0 Å². The van der Waals surface area contributed by atoms with Crippen LogP contribution in [0.15, 0.2) is 47.6 Å². The van der Waals surface area contributed by atoms with Gasteiger partial charge in [0.2, 0.25) is 5.91 Å². The van der Waals surface area contributed by atoms with Crippen LogP contribution >= 0.6 is 11.8 Å². The van der Waals surface area contributed by atoms with Crippen molar-refractivity contribution in [3.63, 3.8) is 0 Å². The molecule has 0 aliphatic heterocycles. The van der Waals surface area contributed by atoms with E-state index in [0.717, 1.165) is 27.6 Å². The second-order valence-corrected chi connectivity index (χ2v) is 8.43. The number of para-hydroxylation sites is 1. The fraction of sp³-hybridized carbons (Fsp3) is 0.261. The van der Waals surface area contributed by atoms with Gasteiger partial charge in [-0.3, -0.25) is 9.20 Å². The van der Waals surface area contributed by atoms with E-state index < -0.39 is 0 Å². The maximum Gasteiger partial charge on any atom is 0.225 e. The van der Waals surface area contributed by atoms with Crippen LogP contribution in [-0.2, 0) is 4.79 Å². The highest BCUT2D eigenvalue weighted by atomic mass is 32.2. The first-order valence-electron chi connectivity index (χ1n) is 9.68. The summed E-state index contributed by atoms with van der Waals surface area (Å²) >= 11 is 1.56. The second kappa shape index (κ2) is 7.87. The first-order chi connectivity index (χ1) is 14.0. The second-order valence-electron chi connectivity index (χ2n) is 7.37. The molecule has 2 aromatic carbocycles. The van der Waals surface area contributed by atoms with Gasteiger partial charge in [0.25, 0.3) is 0 Å². The van der Waals surface area contributed by atoms with Crippen molar-refractivity contribution in [2.75, 3.05) is 11.1 Å². The molecule has 1 N–H and O–H groups in total. The summed E-state index contributed by atoms with van der Waals surface area (Å²) in [6, 6.07) is 14.3. The van der Waals surface area contributed by atoms with Gasteiger partial charge < -0.3 is 5.32 Å². The number of fused-ring (bicyclic) bond motifs is 3. The Morgan fingerprint density at radius 3 is 2.59 bits per heavy atom. The summed E-state index contributed by atoms with van der Waals surface area (Å²) in [5.74, 6) is 0.649. The van der Waals surface area contributed by atoms with Gasteiger partial charge in [0.1, 0.15) is 0 Å². The van der Waals surface area contributed by atoms with Crippen LogP contribution in [0.25, 0.3) is 16.6 Å². The maximum atomic E-state index is 12.4.